The normalized spacial score (nSPS) is 12.1. The van der Waals surface area contributed by atoms with Crippen LogP contribution in [0.15, 0.2) is 35.0 Å². The van der Waals surface area contributed by atoms with Crippen LogP contribution in [0, 0.1) is 0 Å². The van der Waals surface area contributed by atoms with Crippen molar-refractivity contribution in [3.05, 3.63) is 41.1 Å². The smallest absolute Gasteiger partial charge is 0.394 e. The predicted octanol–water partition coefficient (Wildman–Crippen LogP) is 0.805. The number of amides is 1. The Morgan fingerprint density at radius 1 is 1.16 bits per heavy atom. The first-order valence-electron chi connectivity index (χ1n) is 4.99. The van der Waals surface area contributed by atoms with Crippen molar-refractivity contribution in [3.63, 3.8) is 0 Å². The Morgan fingerprint density at radius 2 is 1.74 bits per heavy atom. The van der Waals surface area contributed by atoms with Gasteiger partial charge in [-0.1, -0.05) is 18.2 Å². The van der Waals surface area contributed by atoms with E-state index in [0.29, 0.717) is 0 Å². The van der Waals surface area contributed by atoms with Gasteiger partial charge < -0.3 is 17.2 Å². The summed E-state index contributed by atoms with van der Waals surface area (Å²) in [5.74, 6) is -1.53. The van der Waals surface area contributed by atoms with Crippen LogP contribution < -0.4 is 17.2 Å². The highest BCUT2D eigenvalue weighted by Gasteiger charge is 2.32. The molecule has 0 aliphatic heterocycles. The standard InChI is InChI=1S/C11H11F3N4O/c12-11(13,14)7-4-2-1-3-6(7)5-8(15)9(19)18-10(16)17/h1-5H,15H2,(H4,16,17,18,19)/b8-5-. The maximum Gasteiger partial charge on any atom is 0.416 e. The maximum atomic E-state index is 12.7. The van der Waals surface area contributed by atoms with E-state index in [4.69, 9.17) is 17.2 Å². The van der Waals surface area contributed by atoms with Crippen molar-refractivity contribution in [1.29, 1.82) is 0 Å². The van der Waals surface area contributed by atoms with Crippen LogP contribution in [0.1, 0.15) is 11.1 Å². The average molecular weight is 272 g/mol. The lowest BCUT2D eigenvalue weighted by molar-refractivity contribution is -0.137. The molecule has 1 aromatic carbocycles. The maximum absolute atomic E-state index is 12.7. The number of carbonyl (C=O) groups is 1. The van der Waals surface area contributed by atoms with Crippen molar-refractivity contribution in [2.75, 3.05) is 0 Å². The van der Waals surface area contributed by atoms with Crippen LogP contribution in [0.5, 0.6) is 0 Å². The van der Waals surface area contributed by atoms with E-state index in [1.807, 2.05) is 0 Å². The summed E-state index contributed by atoms with van der Waals surface area (Å²) in [6.07, 6.45) is -3.68. The van der Waals surface area contributed by atoms with Crippen molar-refractivity contribution in [1.82, 2.24) is 0 Å². The molecule has 0 bridgehead atoms. The van der Waals surface area contributed by atoms with Gasteiger partial charge in [-0.05, 0) is 17.7 Å². The first kappa shape index (κ1) is 14.6. The second-order valence-electron chi connectivity index (χ2n) is 3.53. The Balaban J connectivity index is 3.19. The summed E-state index contributed by atoms with van der Waals surface area (Å²) >= 11 is 0. The van der Waals surface area contributed by atoms with Crippen molar-refractivity contribution in [3.8, 4) is 0 Å². The number of aliphatic imine (C=N–C) groups is 1. The van der Waals surface area contributed by atoms with Gasteiger partial charge in [-0.3, -0.25) is 4.79 Å². The molecule has 1 aromatic rings. The molecule has 5 nitrogen and oxygen atoms in total. The molecule has 102 valence electrons. The highest BCUT2D eigenvalue weighted by molar-refractivity contribution is 6.03. The largest absolute Gasteiger partial charge is 0.416 e. The number of guanidine groups is 1. The third kappa shape index (κ3) is 4.02. The molecule has 0 unspecified atom stereocenters. The molecule has 0 saturated heterocycles. The van der Waals surface area contributed by atoms with E-state index in [0.717, 1.165) is 12.1 Å². The number of nitrogens with two attached hydrogens (primary N) is 3. The Morgan fingerprint density at radius 3 is 2.26 bits per heavy atom. The average Bonchev–Trinajstić information content (AvgIpc) is 2.27. The number of nitrogens with zero attached hydrogens (tertiary/aromatic N) is 1. The van der Waals surface area contributed by atoms with Crippen molar-refractivity contribution >= 4 is 17.9 Å². The monoisotopic (exact) mass is 272 g/mol. The second kappa shape index (κ2) is 5.42. The Kier molecular flexibility index (Phi) is 4.15. The van der Waals surface area contributed by atoms with Gasteiger partial charge in [0.2, 0.25) is 0 Å². The van der Waals surface area contributed by atoms with Gasteiger partial charge in [0.05, 0.1) is 5.56 Å². The Labute approximate surface area is 106 Å². The zero-order valence-corrected chi connectivity index (χ0v) is 9.61. The number of alkyl halides is 3. The summed E-state index contributed by atoms with van der Waals surface area (Å²) in [5, 5.41) is 0. The summed E-state index contributed by atoms with van der Waals surface area (Å²) in [5.41, 5.74) is 13.6. The SMILES string of the molecule is NC(N)=NC(=O)/C(N)=C/c1ccccc1C(F)(F)F. The van der Waals surface area contributed by atoms with E-state index < -0.39 is 29.3 Å². The summed E-state index contributed by atoms with van der Waals surface area (Å²) in [6.45, 7) is 0. The number of halogens is 3. The zero-order chi connectivity index (χ0) is 14.6. The number of hydrogen-bond acceptors (Lipinski definition) is 2. The number of benzene rings is 1. The topological polar surface area (TPSA) is 107 Å². The summed E-state index contributed by atoms with van der Waals surface area (Å²) in [4.78, 5) is 14.4. The summed E-state index contributed by atoms with van der Waals surface area (Å²) < 4.78 is 38.1. The minimum Gasteiger partial charge on any atom is -0.394 e. The molecule has 0 heterocycles. The molecule has 0 spiro atoms. The molecule has 19 heavy (non-hydrogen) atoms. The van der Waals surface area contributed by atoms with Crippen molar-refractivity contribution < 1.29 is 18.0 Å². The van der Waals surface area contributed by atoms with Gasteiger partial charge in [0, 0.05) is 0 Å². The molecule has 0 fully saturated rings. The van der Waals surface area contributed by atoms with Crippen LogP contribution in [0.4, 0.5) is 13.2 Å². The van der Waals surface area contributed by atoms with Gasteiger partial charge in [-0.25, -0.2) is 0 Å². The van der Waals surface area contributed by atoms with E-state index >= 15 is 0 Å². The minimum absolute atomic E-state index is 0.244. The molecule has 0 aliphatic rings. The van der Waals surface area contributed by atoms with Crippen LogP contribution in [0.25, 0.3) is 6.08 Å². The van der Waals surface area contributed by atoms with E-state index in [1.165, 1.54) is 18.2 Å². The highest BCUT2D eigenvalue weighted by atomic mass is 19.4. The van der Waals surface area contributed by atoms with Gasteiger partial charge in [0.25, 0.3) is 5.91 Å². The number of hydrogen-bond donors (Lipinski definition) is 3. The van der Waals surface area contributed by atoms with Crippen LogP contribution in [-0.4, -0.2) is 11.9 Å². The first-order valence-corrected chi connectivity index (χ1v) is 4.99. The Hall–Kier alpha value is -2.51. The molecule has 0 radical (unpaired) electrons. The molecular weight excluding hydrogens is 261 g/mol. The molecular formula is C11H11F3N4O. The van der Waals surface area contributed by atoms with Crippen molar-refractivity contribution in [2.24, 2.45) is 22.2 Å². The quantitative estimate of drug-likeness (QED) is 0.420. The van der Waals surface area contributed by atoms with Gasteiger partial charge in [0.15, 0.2) is 5.96 Å². The third-order valence-corrected chi connectivity index (χ3v) is 2.05. The fraction of sp³-hybridized carbons (Fsp3) is 0.0909. The van der Waals surface area contributed by atoms with Gasteiger partial charge in [-0.15, -0.1) is 0 Å². The van der Waals surface area contributed by atoms with E-state index in [9.17, 15) is 18.0 Å². The first-order chi connectivity index (χ1) is 8.71. The molecule has 0 aromatic heterocycles. The lowest BCUT2D eigenvalue weighted by Crippen LogP contribution is -2.25. The molecule has 0 atom stereocenters. The van der Waals surface area contributed by atoms with Crippen molar-refractivity contribution in [2.45, 2.75) is 6.18 Å². The van der Waals surface area contributed by atoms with Crippen LogP contribution in [-0.2, 0) is 11.0 Å². The molecule has 8 heteroatoms. The van der Waals surface area contributed by atoms with E-state index in [2.05, 4.69) is 4.99 Å². The van der Waals surface area contributed by atoms with Gasteiger partial charge in [0.1, 0.15) is 5.70 Å². The molecule has 1 rings (SSSR count). The predicted molar refractivity (Wildman–Crippen MR) is 64.4 cm³/mol. The third-order valence-electron chi connectivity index (χ3n) is 2.05. The fourth-order valence-corrected chi connectivity index (χ4v) is 1.29. The second-order valence-corrected chi connectivity index (χ2v) is 3.53. The summed E-state index contributed by atoms with van der Waals surface area (Å²) in [7, 11) is 0. The Bertz CT molecular complexity index is 545. The lowest BCUT2D eigenvalue weighted by atomic mass is 10.1. The summed E-state index contributed by atoms with van der Waals surface area (Å²) in [6, 6.07) is 4.68. The minimum atomic E-state index is -4.55. The molecule has 6 N–H and O–H groups in total. The highest BCUT2D eigenvalue weighted by Crippen LogP contribution is 2.32. The van der Waals surface area contributed by atoms with Gasteiger partial charge in [-0.2, -0.15) is 18.2 Å². The van der Waals surface area contributed by atoms with Gasteiger partial charge >= 0.3 is 6.18 Å². The van der Waals surface area contributed by atoms with E-state index in [1.54, 1.807) is 0 Å². The molecule has 1 amide bonds. The van der Waals surface area contributed by atoms with Crippen LogP contribution in [0.2, 0.25) is 0 Å². The van der Waals surface area contributed by atoms with Crippen LogP contribution in [0.3, 0.4) is 0 Å². The lowest BCUT2D eigenvalue weighted by Gasteiger charge is -2.10. The van der Waals surface area contributed by atoms with Crippen LogP contribution >= 0.6 is 0 Å². The molecule has 0 saturated carbocycles. The zero-order valence-electron chi connectivity index (χ0n) is 9.61. The molecule has 0 aliphatic carbocycles. The fourth-order valence-electron chi connectivity index (χ4n) is 1.29. The van der Waals surface area contributed by atoms with E-state index in [-0.39, 0.29) is 5.56 Å². The number of rotatable bonds is 2. The number of carbonyl (C=O) groups excluding carboxylic acids is 1.